The zero-order chi connectivity index (χ0) is 11.1. The van der Waals surface area contributed by atoms with E-state index in [1.165, 1.54) is 0 Å². The van der Waals surface area contributed by atoms with Gasteiger partial charge in [-0.15, -0.1) is 0 Å². The monoisotopic (exact) mass is 210 g/mol. The van der Waals surface area contributed by atoms with Gasteiger partial charge in [-0.05, 0) is 24.6 Å². The summed E-state index contributed by atoms with van der Waals surface area (Å²) in [5.74, 6) is -0.190. The normalized spacial score (nSPS) is 9.93. The van der Waals surface area contributed by atoms with Gasteiger partial charge in [-0.25, -0.2) is 4.79 Å². The molecule has 0 unspecified atom stereocenters. The quantitative estimate of drug-likeness (QED) is 0.748. The SMILES string of the molecule is CCOC(=O)COCc1cccc(O)c1. The molecule has 0 bridgehead atoms. The van der Waals surface area contributed by atoms with Crippen LogP contribution in [0.4, 0.5) is 0 Å². The van der Waals surface area contributed by atoms with E-state index in [0.717, 1.165) is 5.56 Å². The fourth-order valence-corrected chi connectivity index (χ4v) is 1.10. The number of rotatable bonds is 5. The van der Waals surface area contributed by atoms with E-state index in [0.29, 0.717) is 6.61 Å². The van der Waals surface area contributed by atoms with Crippen molar-refractivity contribution in [2.24, 2.45) is 0 Å². The van der Waals surface area contributed by atoms with Gasteiger partial charge in [-0.1, -0.05) is 12.1 Å². The van der Waals surface area contributed by atoms with Crippen molar-refractivity contribution in [1.29, 1.82) is 0 Å². The summed E-state index contributed by atoms with van der Waals surface area (Å²) < 4.78 is 9.79. The summed E-state index contributed by atoms with van der Waals surface area (Å²) in [6.45, 7) is 2.32. The van der Waals surface area contributed by atoms with Crippen LogP contribution in [0.2, 0.25) is 0 Å². The number of phenols is 1. The first-order valence-electron chi connectivity index (χ1n) is 4.73. The van der Waals surface area contributed by atoms with Crippen molar-refractivity contribution < 1.29 is 19.4 Å². The van der Waals surface area contributed by atoms with Gasteiger partial charge in [-0.3, -0.25) is 0 Å². The predicted molar refractivity (Wildman–Crippen MR) is 54.4 cm³/mol. The van der Waals surface area contributed by atoms with Crippen molar-refractivity contribution >= 4 is 5.97 Å². The molecule has 0 heterocycles. The Balaban J connectivity index is 2.28. The number of hydrogen-bond acceptors (Lipinski definition) is 4. The highest BCUT2D eigenvalue weighted by atomic mass is 16.6. The Kier molecular flexibility index (Phi) is 4.63. The molecule has 4 nitrogen and oxygen atoms in total. The van der Waals surface area contributed by atoms with Crippen LogP contribution in [0.1, 0.15) is 12.5 Å². The first-order valence-corrected chi connectivity index (χ1v) is 4.73. The van der Waals surface area contributed by atoms with Crippen LogP contribution in [-0.2, 0) is 20.9 Å². The molecule has 0 atom stereocenters. The topological polar surface area (TPSA) is 55.8 Å². The van der Waals surface area contributed by atoms with Crippen molar-refractivity contribution in [2.45, 2.75) is 13.5 Å². The number of aromatic hydroxyl groups is 1. The lowest BCUT2D eigenvalue weighted by Gasteiger charge is -2.04. The summed E-state index contributed by atoms with van der Waals surface area (Å²) in [5, 5.41) is 9.16. The lowest BCUT2D eigenvalue weighted by atomic mass is 10.2. The largest absolute Gasteiger partial charge is 0.508 e. The number of carbonyl (C=O) groups excluding carboxylic acids is 1. The van der Waals surface area contributed by atoms with Gasteiger partial charge in [-0.2, -0.15) is 0 Å². The molecule has 0 aliphatic heterocycles. The van der Waals surface area contributed by atoms with E-state index >= 15 is 0 Å². The fourth-order valence-electron chi connectivity index (χ4n) is 1.10. The maximum atomic E-state index is 10.9. The molecule has 1 N–H and O–H groups in total. The summed E-state index contributed by atoms with van der Waals surface area (Å²) in [6.07, 6.45) is 0. The van der Waals surface area contributed by atoms with E-state index < -0.39 is 0 Å². The minimum atomic E-state index is -0.377. The number of hydrogen-bond donors (Lipinski definition) is 1. The number of esters is 1. The first kappa shape index (κ1) is 11.5. The van der Waals surface area contributed by atoms with E-state index in [9.17, 15) is 4.79 Å². The Morgan fingerprint density at radius 3 is 2.93 bits per heavy atom. The van der Waals surface area contributed by atoms with Crippen molar-refractivity contribution in [3.63, 3.8) is 0 Å². The number of carbonyl (C=O) groups is 1. The molecule has 15 heavy (non-hydrogen) atoms. The maximum Gasteiger partial charge on any atom is 0.332 e. The molecular formula is C11H14O4. The minimum absolute atomic E-state index is 0.0660. The van der Waals surface area contributed by atoms with Crippen LogP contribution in [0.5, 0.6) is 5.75 Å². The average Bonchev–Trinajstić information content (AvgIpc) is 2.18. The number of benzene rings is 1. The van der Waals surface area contributed by atoms with Crippen molar-refractivity contribution in [1.82, 2.24) is 0 Å². The molecule has 1 aromatic rings. The van der Waals surface area contributed by atoms with E-state index in [1.807, 2.05) is 6.07 Å². The van der Waals surface area contributed by atoms with Gasteiger partial charge >= 0.3 is 5.97 Å². The van der Waals surface area contributed by atoms with Crippen LogP contribution in [-0.4, -0.2) is 24.3 Å². The molecule has 0 amide bonds. The molecule has 0 aliphatic rings. The van der Waals surface area contributed by atoms with Crippen molar-refractivity contribution in [2.75, 3.05) is 13.2 Å². The number of phenolic OH excluding ortho intramolecular Hbond substituents is 1. The summed E-state index contributed by atoms with van der Waals surface area (Å²) in [4.78, 5) is 10.9. The molecule has 0 fully saturated rings. The average molecular weight is 210 g/mol. The van der Waals surface area contributed by atoms with Gasteiger partial charge in [0.15, 0.2) is 0 Å². The highest BCUT2D eigenvalue weighted by Gasteiger charge is 2.01. The fraction of sp³-hybridized carbons (Fsp3) is 0.364. The van der Waals surface area contributed by atoms with Gasteiger partial charge in [0, 0.05) is 0 Å². The zero-order valence-corrected chi connectivity index (χ0v) is 8.60. The summed E-state index contributed by atoms with van der Waals surface area (Å²) >= 11 is 0. The molecule has 0 saturated heterocycles. The van der Waals surface area contributed by atoms with Gasteiger partial charge in [0.2, 0.25) is 0 Å². The first-order chi connectivity index (χ1) is 7.22. The number of ether oxygens (including phenoxy) is 2. The predicted octanol–water partition coefficient (Wildman–Crippen LogP) is 1.47. The van der Waals surface area contributed by atoms with Gasteiger partial charge in [0.1, 0.15) is 12.4 Å². The summed E-state index contributed by atoms with van der Waals surface area (Å²) in [7, 11) is 0. The minimum Gasteiger partial charge on any atom is -0.508 e. The molecule has 4 heteroatoms. The lowest BCUT2D eigenvalue weighted by Crippen LogP contribution is -2.12. The van der Waals surface area contributed by atoms with E-state index in [4.69, 9.17) is 14.6 Å². The highest BCUT2D eigenvalue weighted by Crippen LogP contribution is 2.11. The maximum absolute atomic E-state index is 10.9. The highest BCUT2D eigenvalue weighted by molar-refractivity contribution is 5.70. The molecule has 0 aliphatic carbocycles. The van der Waals surface area contributed by atoms with Crippen molar-refractivity contribution in [3.8, 4) is 5.75 Å². The second kappa shape index (κ2) is 6.03. The van der Waals surface area contributed by atoms with Crippen LogP contribution < -0.4 is 0 Å². The zero-order valence-electron chi connectivity index (χ0n) is 8.60. The van der Waals surface area contributed by atoms with Gasteiger partial charge < -0.3 is 14.6 Å². The van der Waals surface area contributed by atoms with Gasteiger partial charge in [0.05, 0.1) is 13.2 Å². The Morgan fingerprint density at radius 2 is 2.27 bits per heavy atom. The molecule has 0 saturated carbocycles. The third kappa shape index (κ3) is 4.46. The second-order valence-electron chi connectivity index (χ2n) is 2.97. The smallest absolute Gasteiger partial charge is 0.332 e. The molecule has 82 valence electrons. The van der Waals surface area contributed by atoms with Crippen LogP contribution in [0.25, 0.3) is 0 Å². The second-order valence-corrected chi connectivity index (χ2v) is 2.97. The molecule has 1 rings (SSSR count). The summed E-state index contributed by atoms with van der Waals surface area (Å²) in [5.41, 5.74) is 0.819. The van der Waals surface area contributed by atoms with Crippen LogP contribution in [0.3, 0.4) is 0 Å². The molecule has 1 aromatic carbocycles. The third-order valence-electron chi connectivity index (χ3n) is 1.70. The third-order valence-corrected chi connectivity index (χ3v) is 1.70. The van der Waals surface area contributed by atoms with Crippen LogP contribution >= 0.6 is 0 Å². The van der Waals surface area contributed by atoms with Gasteiger partial charge in [0.25, 0.3) is 0 Å². The Hall–Kier alpha value is -1.55. The molecule has 0 aromatic heterocycles. The Morgan fingerprint density at radius 1 is 1.47 bits per heavy atom. The Labute approximate surface area is 88.4 Å². The Bertz CT molecular complexity index is 322. The van der Waals surface area contributed by atoms with E-state index in [-0.39, 0.29) is 24.9 Å². The van der Waals surface area contributed by atoms with Crippen molar-refractivity contribution in [3.05, 3.63) is 29.8 Å². The standard InChI is InChI=1S/C11H14O4/c1-2-15-11(13)8-14-7-9-4-3-5-10(12)6-9/h3-6,12H,2,7-8H2,1H3. The van der Waals surface area contributed by atoms with Crippen LogP contribution in [0, 0.1) is 0 Å². The summed E-state index contributed by atoms with van der Waals surface area (Å²) in [6, 6.07) is 6.70. The van der Waals surface area contributed by atoms with Crippen LogP contribution in [0.15, 0.2) is 24.3 Å². The molecule has 0 spiro atoms. The molecular weight excluding hydrogens is 196 g/mol. The molecule has 0 radical (unpaired) electrons. The van der Waals surface area contributed by atoms with E-state index in [1.54, 1.807) is 25.1 Å². The lowest BCUT2D eigenvalue weighted by molar-refractivity contribution is -0.148. The van der Waals surface area contributed by atoms with E-state index in [2.05, 4.69) is 0 Å².